The Bertz CT molecular complexity index is 942. The summed E-state index contributed by atoms with van der Waals surface area (Å²) in [6.45, 7) is 0.504. The molecule has 0 unspecified atom stereocenters. The quantitative estimate of drug-likeness (QED) is 0.488. The number of anilines is 2. The van der Waals surface area contributed by atoms with Crippen LogP contribution in [0.25, 0.3) is 11.3 Å². The molecule has 3 aromatic rings. The monoisotopic (exact) mass is 362 g/mol. The number of nitro benzene ring substituents is 1. The van der Waals surface area contributed by atoms with Gasteiger partial charge in [0.15, 0.2) is 0 Å². The smallest absolute Gasteiger partial charge is 0.269 e. The number of nitro groups is 1. The van der Waals surface area contributed by atoms with E-state index in [0.29, 0.717) is 24.4 Å². The molecule has 2 heterocycles. The number of hydrogen-bond donors (Lipinski definition) is 2. The first kappa shape index (κ1) is 16.9. The summed E-state index contributed by atoms with van der Waals surface area (Å²) in [5.74, 6) is 1.27. The molecule has 0 spiro atoms. The van der Waals surface area contributed by atoms with Gasteiger partial charge < -0.3 is 10.6 Å². The highest BCUT2D eigenvalue weighted by Gasteiger charge is 2.22. The van der Waals surface area contributed by atoms with E-state index in [1.165, 1.54) is 12.1 Å². The largest absolute Gasteiger partial charge is 0.366 e. The SMILES string of the molecule is O=[N+]([O-])c1ccc(CNc2cc(-c3cccnc3)nc(NC3CC3)n2)cc1. The van der Waals surface area contributed by atoms with Crippen LogP contribution in [0, 0.1) is 10.1 Å². The molecule has 0 saturated heterocycles. The summed E-state index contributed by atoms with van der Waals surface area (Å²) in [5, 5.41) is 17.4. The zero-order chi connectivity index (χ0) is 18.6. The predicted molar refractivity (Wildman–Crippen MR) is 102 cm³/mol. The fourth-order valence-electron chi connectivity index (χ4n) is 2.60. The van der Waals surface area contributed by atoms with E-state index in [9.17, 15) is 10.1 Å². The van der Waals surface area contributed by atoms with E-state index in [4.69, 9.17) is 0 Å². The highest BCUT2D eigenvalue weighted by molar-refractivity contribution is 5.63. The average molecular weight is 362 g/mol. The summed E-state index contributed by atoms with van der Waals surface area (Å²) in [7, 11) is 0. The van der Waals surface area contributed by atoms with Crippen molar-refractivity contribution in [3.8, 4) is 11.3 Å². The molecule has 1 aliphatic rings. The molecule has 136 valence electrons. The topological polar surface area (TPSA) is 106 Å². The van der Waals surface area contributed by atoms with E-state index in [-0.39, 0.29) is 5.69 Å². The van der Waals surface area contributed by atoms with Crippen molar-refractivity contribution >= 4 is 17.5 Å². The minimum Gasteiger partial charge on any atom is -0.366 e. The number of pyridine rings is 1. The van der Waals surface area contributed by atoms with Crippen LogP contribution in [0.2, 0.25) is 0 Å². The van der Waals surface area contributed by atoms with Gasteiger partial charge in [-0.2, -0.15) is 4.98 Å². The van der Waals surface area contributed by atoms with Crippen LogP contribution < -0.4 is 10.6 Å². The zero-order valence-corrected chi connectivity index (χ0v) is 14.5. The van der Waals surface area contributed by atoms with Crippen molar-refractivity contribution < 1.29 is 4.92 Å². The van der Waals surface area contributed by atoms with Crippen molar-refractivity contribution in [2.75, 3.05) is 10.6 Å². The van der Waals surface area contributed by atoms with E-state index >= 15 is 0 Å². The van der Waals surface area contributed by atoms with Crippen molar-refractivity contribution in [3.63, 3.8) is 0 Å². The maximum Gasteiger partial charge on any atom is 0.269 e. The van der Waals surface area contributed by atoms with Gasteiger partial charge >= 0.3 is 0 Å². The second kappa shape index (κ2) is 7.36. The van der Waals surface area contributed by atoms with Gasteiger partial charge in [-0.1, -0.05) is 12.1 Å². The number of non-ortho nitro benzene ring substituents is 1. The second-order valence-corrected chi connectivity index (χ2v) is 6.40. The van der Waals surface area contributed by atoms with Gasteiger partial charge in [0.05, 0.1) is 10.6 Å². The summed E-state index contributed by atoms with van der Waals surface area (Å²) in [5.41, 5.74) is 2.71. The van der Waals surface area contributed by atoms with Crippen LogP contribution in [0.4, 0.5) is 17.5 Å². The fourth-order valence-corrected chi connectivity index (χ4v) is 2.60. The number of hydrogen-bond acceptors (Lipinski definition) is 7. The van der Waals surface area contributed by atoms with E-state index in [1.54, 1.807) is 24.5 Å². The molecule has 2 N–H and O–H groups in total. The van der Waals surface area contributed by atoms with Gasteiger partial charge in [-0.15, -0.1) is 0 Å². The standard InChI is InChI=1S/C19H18N6O2/c26-25(27)16-7-3-13(4-8-16)11-21-18-10-17(14-2-1-9-20-12-14)23-19(24-18)22-15-5-6-15/h1-4,7-10,12,15H,5-6,11H2,(H2,21,22,23,24). The van der Waals surface area contributed by atoms with Crippen LogP contribution in [0.3, 0.4) is 0 Å². The van der Waals surface area contributed by atoms with Gasteiger partial charge in [0.2, 0.25) is 5.95 Å². The molecule has 1 aromatic carbocycles. The predicted octanol–water partition coefficient (Wildman–Crippen LogP) is 3.63. The van der Waals surface area contributed by atoms with Crippen molar-refractivity contribution in [3.05, 3.63) is 70.5 Å². The molecule has 8 nitrogen and oxygen atoms in total. The van der Waals surface area contributed by atoms with Crippen LogP contribution in [-0.2, 0) is 6.54 Å². The Labute approximate surface area is 155 Å². The second-order valence-electron chi connectivity index (χ2n) is 6.40. The van der Waals surface area contributed by atoms with E-state index in [1.807, 2.05) is 18.2 Å². The van der Waals surface area contributed by atoms with Gasteiger partial charge in [-0.25, -0.2) is 4.98 Å². The third kappa shape index (κ3) is 4.35. The Hall–Kier alpha value is -3.55. The molecule has 0 bridgehead atoms. The third-order valence-electron chi connectivity index (χ3n) is 4.21. The van der Waals surface area contributed by atoms with E-state index in [2.05, 4.69) is 25.6 Å². The number of benzene rings is 1. The lowest BCUT2D eigenvalue weighted by Gasteiger charge is -2.11. The first-order valence-electron chi connectivity index (χ1n) is 8.70. The Morgan fingerprint density at radius 2 is 1.96 bits per heavy atom. The molecule has 0 radical (unpaired) electrons. The Kier molecular flexibility index (Phi) is 4.61. The molecule has 4 rings (SSSR count). The Morgan fingerprint density at radius 3 is 2.63 bits per heavy atom. The van der Waals surface area contributed by atoms with Gasteiger partial charge in [0, 0.05) is 48.7 Å². The lowest BCUT2D eigenvalue weighted by atomic mass is 10.2. The molecule has 0 amide bonds. The molecule has 0 aliphatic heterocycles. The summed E-state index contributed by atoms with van der Waals surface area (Å²) in [6.07, 6.45) is 5.75. The number of nitrogens with zero attached hydrogens (tertiary/aromatic N) is 4. The van der Waals surface area contributed by atoms with E-state index in [0.717, 1.165) is 29.7 Å². The van der Waals surface area contributed by atoms with Crippen LogP contribution in [0.1, 0.15) is 18.4 Å². The Balaban J connectivity index is 1.54. The highest BCUT2D eigenvalue weighted by Crippen LogP contribution is 2.26. The Morgan fingerprint density at radius 1 is 1.15 bits per heavy atom. The van der Waals surface area contributed by atoms with Gasteiger partial charge in [0.1, 0.15) is 5.82 Å². The lowest BCUT2D eigenvalue weighted by molar-refractivity contribution is -0.384. The van der Waals surface area contributed by atoms with Crippen molar-refractivity contribution in [1.29, 1.82) is 0 Å². The van der Waals surface area contributed by atoms with Gasteiger partial charge in [-0.05, 0) is 30.5 Å². The highest BCUT2D eigenvalue weighted by atomic mass is 16.6. The van der Waals surface area contributed by atoms with Gasteiger partial charge in [0.25, 0.3) is 5.69 Å². The molecule has 27 heavy (non-hydrogen) atoms. The molecular weight excluding hydrogens is 344 g/mol. The maximum absolute atomic E-state index is 10.8. The minimum absolute atomic E-state index is 0.0792. The molecule has 0 atom stereocenters. The van der Waals surface area contributed by atoms with Crippen LogP contribution in [-0.4, -0.2) is 25.9 Å². The molecule has 8 heteroatoms. The maximum atomic E-state index is 10.8. The van der Waals surface area contributed by atoms with Crippen molar-refractivity contribution in [2.24, 2.45) is 0 Å². The minimum atomic E-state index is -0.405. The normalized spacial score (nSPS) is 13.2. The number of aromatic nitrogens is 3. The van der Waals surface area contributed by atoms with Gasteiger partial charge in [-0.3, -0.25) is 15.1 Å². The summed E-state index contributed by atoms with van der Waals surface area (Å²) in [6, 6.07) is 12.6. The van der Waals surface area contributed by atoms with Crippen molar-refractivity contribution in [1.82, 2.24) is 15.0 Å². The average Bonchev–Trinajstić information content (AvgIpc) is 3.51. The van der Waals surface area contributed by atoms with Crippen LogP contribution >= 0.6 is 0 Å². The van der Waals surface area contributed by atoms with Crippen LogP contribution in [0.5, 0.6) is 0 Å². The zero-order valence-electron chi connectivity index (χ0n) is 14.5. The fraction of sp³-hybridized carbons (Fsp3) is 0.211. The molecule has 1 saturated carbocycles. The molecule has 1 fully saturated rings. The molecular formula is C19H18N6O2. The number of rotatable bonds is 7. The molecule has 1 aliphatic carbocycles. The summed E-state index contributed by atoms with van der Waals surface area (Å²) >= 11 is 0. The third-order valence-corrected chi connectivity index (χ3v) is 4.21. The first-order chi connectivity index (χ1) is 13.2. The van der Waals surface area contributed by atoms with E-state index < -0.39 is 4.92 Å². The summed E-state index contributed by atoms with van der Waals surface area (Å²) < 4.78 is 0. The molecule has 2 aromatic heterocycles. The summed E-state index contributed by atoms with van der Waals surface area (Å²) in [4.78, 5) is 23.6. The van der Waals surface area contributed by atoms with Crippen molar-refractivity contribution in [2.45, 2.75) is 25.4 Å². The number of nitrogens with one attached hydrogen (secondary N) is 2. The van der Waals surface area contributed by atoms with Crippen LogP contribution in [0.15, 0.2) is 54.9 Å². The lowest BCUT2D eigenvalue weighted by Crippen LogP contribution is -2.09. The first-order valence-corrected chi connectivity index (χ1v) is 8.70.